The Morgan fingerprint density at radius 3 is 2.86 bits per heavy atom. The Labute approximate surface area is 125 Å². The van der Waals surface area contributed by atoms with Gasteiger partial charge in [-0.15, -0.1) is 11.8 Å². The molecule has 2 aromatic rings. The Balaban J connectivity index is 2.06. The molecule has 108 valence electrons. The van der Waals surface area contributed by atoms with E-state index in [1.165, 1.54) is 22.9 Å². The summed E-state index contributed by atoms with van der Waals surface area (Å²) in [6, 6.07) is 4.36. The molecule has 1 fully saturated rings. The van der Waals surface area contributed by atoms with Gasteiger partial charge in [-0.3, -0.25) is 14.8 Å². The lowest BCUT2D eigenvalue weighted by Gasteiger charge is -2.25. The van der Waals surface area contributed by atoms with Crippen LogP contribution in [0.5, 0.6) is 0 Å². The van der Waals surface area contributed by atoms with Crippen LogP contribution >= 0.6 is 11.8 Å². The lowest BCUT2D eigenvalue weighted by atomic mass is 10.1. The van der Waals surface area contributed by atoms with Crippen LogP contribution in [0, 0.1) is 0 Å². The highest BCUT2D eigenvalue weighted by atomic mass is 32.2. The maximum atomic E-state index is 12.8. The molecule has 2 heterocycles. The molecule has 2 atom stereocenters. The van der Waals surface area contributed by atoms with Crippen molar-refractivity contribution in [3.05, 3.63) is 36.2 Å². The summed E-state index contributed by atoms with van der Waals surface area (Å²) in [5, 5.41) is 9.10. The summed E-state index contributed by atoms with van der Waals surface area (Å²) >= 11 is 1.46. The van der Waals surface area contributed by atoms with Gasteiger partial charge >= 0.3 is 5.97 Å². The van der Waals surface area contributed by atoms with Crippen molar-refractivity contribution >= 4 is 34.7 Å². The van der Waals surface area contributed by atoms with Gasteiger partial charge in [-0.25, -0.2) is 4.79 Å². The first-order chi connectivity index (χ1) is 10.1. The minimum atomic E-state index is -0.980. The monoisotopic (exact) mass is 303 g/mol. The first kappa shape index (κ1) is 13.8. The average molecular weight is 303 g/mol. The molecule has 1 aliphatic rings. The number of hydrogen-bond donors (Lipinski definition) is 1. The predicted molar refractivity (Wildman–Crippen MR) is 79.1 cm³/mol. The summed E-state index contributed by atoms with van der Waals surface area (Å²) in [5.41, 5.74) is 1.51. The lowest BCUT2D eigenvalue weighted by molar-refractivity contribution is -0.141. The third kappa shape index (κ3) is 2.33. The van der Waals surface area contributed by atoms with E-state index >= 15 is 0 Å². The number of carboxylic acids is 1. The second kappa shape index (κ2) is 5.33. The SMILES string of the molecule is CC1SCC(C(=O)O)N1C(=O)c1cccc2nccnc12. The number of aromatic nitrogens is 2. The summed E-state index contributed by atoms with van der Waals surface area (Å²) in [4.78, 5) is 33.9. The third-order valence-electron chi connectivity index (χ3n) is 3.47. The molecule has 21 heavy (non-hydrogen) atoms. The number of rotatable bonds is 2. The molecule has 1 aromatic carbocycles. The van der Waals surface area contributed by atoms with E-state index in [4.69, 9.17) is 0 Å². The quantitative estimate of drug-likeness (QED) is 0.907. The first-order valence-corrected chi connectivity index (χ1v) is 7.51. The number of para-hydroxylation sites is 1. The fraction of sp³-hybridized carbons (Fsp3) is 0.286. The molecule has 1 amide bonds. The van der Waals surface area contributed by atoms with Gasteiger partial charge in [0.2, 0.25) is 0 Å². The fourth-order valence-electron chi connectivity index (χ4n) is 2.45. The number of fused-ring (bicyclic) bond motifs is 1. The highest BCUT2D eigenvalue weighted by molar-refractivity contribution is 8.00. The number of aliphatic carboxylic acids is 1. The minimum absolute atomic E-state index is 0.175. The molecule has 7 heteroatoms. The third-order valence-corrected chi connectivity index (χ3v) is 4.69. The van der Waals surface area contributed by atoms with Crippen molar-refractivity contribution in [3.8, 4) is 0 Å². The zero-order valence-corrected chi connectivity index (χ0v) is 12.1. The number of carbonyl (C=O) groups excluding carboxylic acids is 1. The molecule has 0 radical (unpaired) electrons. The highest BCUT2D eigenvalue weighted by Crippen LogP contribution is 2.31. The van der Waals surface area contributed by atoms with Crippen LogP contribution in [-0.4, -0.2) is 49.0 Å². The van der Waals surface area contributed by atoms with E-state index in [0.717, 1.165) is 0 Å². The number of hydrogen-bond acceptors (Lipinski definition) is 5. The largest absolute Gasteiger partial charge is 0.480 e. The van der Waals surface area contributed by atoms with Gasteiger partial charge in [0.15, 0.2) is 0 Å². The summed E-state index contributed by atoms with van der Waals surface area (Å²) in [5.74, 6) is -0.892. The van der Waals surface area contributed by atoms with Crippen LogP contribution in [0.25, 0.3) is 11.0 Å². The highest BCUT2D eigenvalue weighted by Gasteiger charge is 2.40. The van der Waals surface area contributed by atoms with Crippen molar-refractivity contribution < 1.29 is 14.7 Å². The van der Waals surface area contributed by atoms with E-state index in [9.17, 15) is 14.7 Å². The summed E-state index contributed by atoms with van der Waals surface area (Å²) < 4.78 is 0. The van der Waals surface area contributed by atoms with Crippen LogP contribution in [0.1, 0.15) is 17.3 Å². The van der Waals surface area contributed by atoms with Gasteiger partial charge in [-0.2, -0.15) is 0 Å². The molecule has 1 N–H and O–H groups in total. The number of nitrogens with zero attached hydrogens (tertiary/aromatic N) is 3. The number of amides is 1. The Bertz CT molecular complexity index is 716. The summed E-state index contributed by atoms with van der Waals surface area (Å²) in [6.07, 6.45) is 3.08. The fourth-order valence-corrected chi connectivity index (χ4v) is 3.61. The van der Waals surface area contributed by atoms with Crippen molar-refractivity contribution in [2.24, 2.45) is 0 Å². The lowest BCUT2D eigenvalue weighted by Crippen LogP contribution is -2.44. The minimum Gasteiger partial charge on any atom is -0.480 e. The summed E-state index contributed by atoms with van der Waals surface area (Å²) in [7, 11) is 0. The maximum absolute atomic E-state index is 12.8. The summed E-state index contributed by atoms with van der Waals surface area (Å²) in [6.45, 7) is 1.84. The average Bonchev–Trinajstić information content (AvgIpc) is 2.88. The number of carboxylic acid groups (broad SMARTS) is 1. The standard InChI is InChI=1S/C14H13N3O3S/c1-8-17(11(7-21-8)14(19)20)13(18)9-3-2-4-10-12(9)16-6-5-15-10/h2-6,8,11H,7H2,1H3,(H,19,20). The second-order valence-corrected chi connectivity index (χ2v) is 6.08. The smallest absolute Gasteiger partial charge is 0.327 e. The Morgan fingerprint density at radius 2 is 2.10 bits per heavy atom. The zero-order chi connectivity index (χ0) is 15.0. The molecular weight excluding hydrogens is 290 g/mol. The van der Waals surface area contributed by atoms with Crippen molar-refractivity contribution in [3.63, 3.8) is 0 Å². The van der Waals surface area contributed by atoms with Gasteiger partial charge in [0.1, 0.15) is 11.6 Å². The van der Waals surface area contributed by atoms with Crippen LogP contribution in [-0.2, 0) is 4.79 Å². The van der Waals surface area contributed by atoms with E-state index in [1.54, 1.807) is 24.4 Å². The molecule has 0 saturated carbocycles. The van der Waals surface area contributed by atoms with Crippen LogP contribution < -0.4 is 0 Å². The molecule has 6 nitrogen and oxygen atoms in total. The molecule has 0 aliphatic carbocycles. The molecule has 2 unspecified atom stereocenters. The molecule has 0 spiro atoms. The Morgan fingerprint density at radius 1 is 1.33 bits per heavy atom. The second-order valence-electron chi connectivity index (χ2n) is 4.73. The normalized spacial score (nSPS) is 21.7. The zero-order valence-electron chi connectivity index (χ0n) is 11.3. The van der Waals surface area contributed by atoms with Gasteiger partial charge in [0, 0.05) is 18.1 Å². The van der Waals surface area contributed by atoms with E-state index in [1.807, 2.05) is 6.92 Å². The van der Waals surface area contributed by atoms with Gasteiger partial charge < -0.3 is 10.0 Å². The predicted octanol–water partition coefficient (Wildman–Crippen LogP) is 1.62. The molecular formula is C14H13N3O3S. The first-order valence-electron chi connectivity index (χ1n) is 6.46. The van der Waals surface area contributed by atoms with Crippen LogP contribution in [0.15, 0.2) is 30.6 Å². The van der Waals surface area contributed by atoms with Crippen molar-refractivity contribution in [2.75, 3.05) is 5.75 Å². The van der Waals surface area contributed by atoms with Crippen molar-refractivity contribution in [1.82, 2.24) is 14.9 Å². The molecule has 1 aromatic heterocycles. The van der Waals surface area contributed by atoms with Crippen LogP contribution in [0.3, 0.4) is 0 Å². The van der Waals surface area contributed by atoms with E-state index in [2.05, 4.69) is 9.97 Å². The van der Waals surface area contributed by atoms with E-state index < -0.39 is 12.0 Å². The van der Waals surface area contributed by atoms with Crippen LogP contribution in [0.4, 0.5) is 0 Å². The molecule has 0 bridgehead atoms. The molecule has 1 saturated heterocycles. The van der Waals surface area contributed by atoms with Gasteiger partial charge in [0.05, 0.1) is 16.5 Å². The van der Waals surface area contributed by atoms with E-state index in [0.29, 0.717) is 22.3 Å². The molecule has 3 rings (SSSR count). The van der Waals surface area contributed by atoms with Gasteiger partial charge in [0.25, 0.3) is 5.91 Å². The maximum Gasteiger partial charge on any atom is 0.327 e. The van der Waals surface area contributed by atoms with Crippen molar-refractivity contribution in [2.45, 2.75) is 18.3 Å². The van der Waals surface area contributed by atoms with Gasteiger partial charge in [-0.1, -0.05) is 6.07 Å². The van der Waals surface area contributed by atoms with Crippen molar-refractivity contribution in [1.29, 1.82) is 0 Å². The Kier molecular flexibility index (Phi) is 3.50. The number of benzene rings is 1. The van der Waals surface area contributed by atoms with Crippen LogP contribution in [0.2, 0.25) is 0 Å². The van der Waals surface area contributed by atoms with Gasteiger partial charge in [-0.05, 0) is 19.1 Å². The van der Waals surface area contributed by atoms with E-state index in [-0.39, 0.29) is 11.3 Å². The molecule has 1 aliphatic heterocycles. The Hall–Kier alpha value is -2.15. The number of carbonyl (C=O) groups is 2. The number of thioether (sulfide) groups is 1. The topological polar surface area (TPSA) is 83.4 Å².